The molecule has 8 nitrogen and oxygen atoms in total. The zero-order valence-electron chi connectivity index (χ0n) is 21.6. The molecule has 2 heterocycles. The number of rotatable bonds is 11. The molecule has 3 aromatic rings. The minimum atomic E-state index is -1.79. The van der Waals surface area contributed by atoms with Gasteiger partial charge in [-0.3, -0.25) is 4.79 Å². The van der Waals surface area contributed by atoms with Crippen LogP contribution in [0.3, 0.4) is 0 Å². The third-order valence-electron chi connectivity index (χ3n) is 7.02. The first-order valence-electron chi connectivity index (χ1n) is 12.6. The number of hydrogen-bond donors (Lipinski definition) is 3. The van der Waals surface area contributed by atoms with E-state index in [4.69, 9.17) is 9.47 Å². The third kappa shape index (κ3) is 6.44. The minimum absolute atomic E-state index is 0.0975. The van der Waals surface area contributed by atoms with Crippen molar-refractivity contribution in [1.29, 1.82) is 0 Å². The summed E-state index contributed by atoms with van der Waals surface area (Å²) in [5.74, 6) is -0.191. The number of hydrogen-bond acceptors (Lipinski definition) is 9. The Morgan fingerprint density at radius 1 is 1.08 bits per heavy atom. The molecule has 0 aliphatic heterocycles. The molecular formula is C28H34N2O6S2. The Kier molecular flexibility index (Phi) is 9.56. The van der Waals surface area contributed by atoms with Crippen molar-refractivity contribution in [2.75, 3.05) is 26.0 Å². The number of anilines is 1. The van der Waals surface area contributed by atoms with Crippen molar-refractivity contribution in [3.8, 4) is 5.75 Å². The van der Waals surface area contributed by atoms with Gasteiger partial charge in [-0.05, 0) is 61.7 Å². The number of amides is 1. The molecule has 1 saturated carbocycles. The lowest BCUT2D eigenvalue weighted by atomic mass is 9.91. The Bertz CT molecular complexity index is 1160. The maximum absolute atomic E-state index is 13.2. The summed E-state index contributed by atoms with van der Waals surface area (Å²) in [6.07, 6.45) is 3.17. The van der Waals surface area contributed by atoms with Crippen LogP contribution in [0.15, 0.2) is 53.2 Å². The number of aliphatic hydroxyl groups is 2. The standard InChI is InChI=1S/C28H34N2O6S2/c1-30(14-13-26(32)29-20-8-7-19(18-31)23(17-20)35-2)21-9-11-22(12-10-21)36-27(33)28(34,24-5-3-15-37-24)25-6-4-16-38-25/h3-8,15-17,21-22,31,34H,9-14,18H2,1-2H3,(H,29,32)/t21-,22-. The van der Waals surface area contributed by atoms with Crippen LogP contribution in [0.25, 0.3) is 0 Å². The summed E-state index contributed by atoms with van der Waals surface area (Å²) in [5, 5.41) is 27.4. The van der Waals surface area contributed by atoms with Crippen molar-refractivity contribution >= 4 is 40.2 Å². The lowest BCUT2D eigenvalue weighted by molar-refractivity contribution is -0.169. The highest BCUT2D eigenvalue weighted by Gasteiger charge is 2.45. The molecule has 1 aromatic carbocycles. The number of aliphatic hydroxyl groups excluding tert-OH is 1. The molecule has 204 valence electrons. The van der Waals surface area contributed by atoms with Gasteiger partial charge in [-0.25, -0.2) is 4.79 Å². The molecule has 0 unspecified atom stereocenters. The maximum atomic E-state index is 13.2. The summed E-state index contributed by atoms with van der Waals surface area (Å²) in [4.78, 5) is 29.0. The second kappa shape index (κ2) is 12.9. The highest BCUT2D eigenvalue weighted by Crippen LogP contribution is 2.38. The van der Waals surface area contributed by atoms with Gasteiger partial charge < -0.3 is 29.9 Å². The molecule has 1 fully saturated rings. The van der Waals surface area contributed by atoms with Crippen LogP contribution in [-0.4, -0.2) is 59.8 Å². The van der Waals surface area contributed by atoms with E-state index in [2.05, 4.69) is 10.2 Å². The van der Waals surface area contributed by atoms with Crippen molar-refractivity contribution in [2.24, 2.45) is 0 Å². The number of carbonyl (C=O) groups is 2. The van der Waals surface area contributed by atoms with Gasteiger partial charge in [0.05, 0.1) is 23.5 Å². The van der Waals surface area contributed by atoms with Gasteiger partial charge in [-0.15, -0.1) is 22.7 Å². The van der Waals surface area contributed by atoms with Gasteiger partial charge in [-0.1, -0.05) is 18.2 Å². The lowest BCUT2D eigenvalue weighted by Crippen LogP contribution is -2.42. The predicted octanol–water partition coefficient (Wildman–Crippen LogP) is 4.36. The van der Waals surface area contributed by atoms with Gasteiger partial charge in [-0.2, -0.15) is 0 Å². The van der Waals surface area contributed by atoms with Gasteiger partial charge in [0.2, 0.25) is 11.5 Å². The van der Waals surface area contributed by atoms with E-state index in [0.717, 1.165) is 12.8 Å². The van der Waals surface area contributed by atoms with E-state index < -0.39 is 11.6 Å². The zero-order valence-corrected chi connectivity index (χ0v) is 23.2. The molecule has 0 spiro atoms. The van der Waals surface area contributed by atoms with Crippen molar-refractivity contribution in [1.82, 2.24) is 4.90 Å². The Balaban J connectivity index is 1.25. The number of thiophene rings is 2. The summed E-state index contributed by atoms with van der Waals surface area (Å²) >= 11 is 2.67. The number of ether oxygens (including phenoxy) is 2. The van der Waals surface area contributed by atoms with E-state index in [9.17, 15) is 19.8 Å². The number of carbonyl (C=O) groups excluding carboxylic acids is 2. The van der Waals surface area contributed by atoms with E-state index in [1.54, 1.807) is 30.3 Å². The largest absolute Gasteiger partial charge is 0.496 e. The topological polar surface area (TPSA) is 108 Å². The first-order valence-corrected chi connectivity index (χ1v) is 14.4. The van der Waals surface area contributed by atoms with Crippen LogP contribution in [-0.2, 0) is 26.5 Å². The number of benzene rings is 1. The van der Waals surface area contributed by atoms with E-state index in [1.807, 2.05) is 29.9 Å². The van der Waals surface area contributed by atoms with Crippen molar-refractivity contribution in [3.05, 3.63) is 68.5 Å². The fraction of sp³-hybridized carbons (Fsp3) is 0.429. The maximum Gasteiger partial charge on any atom is 0.349 e. The van der Waals surface area contributed by atoms with Gasteiger partial charge in [0.15, 0.2) is 0 Å². The van der Waals surface area contributed by atoms with Crippen LogP contribution in [0.4, 0.5) is 5.69 Å². The number of esters is 1. The van der Waals surface area contributed by atoms with Crippen LogP contribution in [0, 0.1) is 0 Å². The molecule has 0 saturated heterocycles. The fourth-order valence-electron chi connectivity index (χ4n) is 4.77. The van der Waals surface area contributed by atoms with Crippen LogP contribution in [0.1, 0.15) is 47.4 Å². The molecule has 1 amide bonds. The summed E-state index contributed by atoms with van der Waals surface area (Å²) in [5.41, 5.74) is -0.500. The van der Waals surface area contributed by atoms with Crippen LogP contribution >= 0.6 is 22.7 Å². The molecule has 0 atom stereocenters. The van der Waals surface area contributed by atoms with E-state index in [-0.39, 0.29) is 24.7 Å². The Morgan fingerprint density at radius 2 is 1.74 bits per heavy atom. The molecular weight excluding hydrogens is 524 g/mol. The average Bonchev–Trinajstić information content (AvgIpc) is 3.67. The first-order chi connectivity index (χ1) is 18.3. The first kappa shape index (κ1) is 28.3. The average molecular weight is 559 g/mol. The summed E-state index contributed by atoms with van der Waals surface area (Å²) in [6.45, 7) is 0.469. The molecule has 1 aliphatic rings. The minimum Gasteiger partial charge on any atom is -0.496 e. The molecule has 2 aromatic heterocycles. The Morgan fingerprint density at radius 3 is 2.29 bits per heavy atom. The molecule has 3 N–H and O–H groups in total. The van der Waals surface area contributed by atoms with E-state index in [1.165, 1.54) is 29.8 Å². The third-order valence-corrected chi connectivity index (χ3v) is 8.98. The number of methoxy groups -OCH3 is 1. The van der Waals surface area contributed by atoms with E-state index >= 15 is 0 Å². The van der Waals surface area contributed by atoms with Crippen LogP contribution in [0.5, 0.6) is 5.75 Å². The quantitative estimate of drug-likeness (QED) is 0.300. The predicted molar refractivity (Wildman–Crippen MR) is 149 cm³/mol. The van der Waals surface area contributed by atoms with Crippen molar-refractivity contribution in [2.45, 2.75) is 56.5 Å². The molecule has 0 radical (unpaired) electrons. The molecule has 10 heteroatoms. The van der Waals surface area contributed by atoms with Crippen molar-refractivity contribution < 1.29 is 29.3 Å². The summed E-state index contributed by atoms with van der Waals surface area (Å²) in [7, 11) is 3.54. The van der Waals surface area contributed by atoms with Gasteiger partial charge in [0, 0.05) is 36.3 Å². The highest BCUT2D eigenvalue weighted by molar-refractivity contribution is 7.12. The van der Waals surface area contributed by atoms with Gasteiger partial charge >= 0.3 is 5.97 Å². The zero-order chi connectivity index (χ0) is 27.1. The molecule has 38 heavy (non-hydrogen) atoms. The second-order valence-electron chi connectivity index (χ2n) is 9.46. The molecule has 4 rings (SSSR count). The van der Waals surface area contributed by atoms with Gasteiger partial charge in [0.25, 0.3) is 0 Å². The normalized spacial score (nSPS) is 17.8. The molecule has 0 bridgehead atoms. The monoisotopic (exact) mass is 558 g/mol. The number of nitrogens with zero attached hydrogens (tertiary/aromatic N) is 1. The van der Waals surface area contributed by atoms with Crippen molar-refractivity contribution in [3.63, 3.8) is 0 Å². The van der Waals surface area contributed by atoms with E-state index in [0.29, 0.717) is 52.6 Å². The lowest BCUT2D eigenvalue weighted by Gasteiger charge is -2.35. The Hall–Kier alpha value is -2.76. The van der Waals surface area contributed by atoms with Gasteiger partial charge in [0.1, 0.15) is 11.9 Å². The fourth-order valence-corrected chi connectivity index (χ4v) is 6.48. The summed E-state index contributed by atoms with van der Waals surface area (Å²) in [6, 6.07) is 12.6. The second-order valence-corrected chi connectivity index (χ2v) is 11.4. The Labute approximate surface area is 230 Å². The summed E-state index contributed by atoms with van der Waals surface area (Å²) < 4.78 is 11.1. The van der Waals surface area contributed by atoms with Crippen LogP contribution < -0.4 is 10.1 Å². The highest BCUT2D eigenvalue weighted by atomic mass is 32.1. The van der Waals surface area contributed by atoms with Crippen LogP contribution in [0.2, 0.25) is 0 Å². The SMILES string of the molecule is COc1cc(NC(=O)CCN(C)[C@H]2CC[C@H](OC(=O)C(O)(c3cccs3)c3cccs3)CC2)ccc1CO. The smallest absolute Gasteiger partial charge is 0.349 e. The number of nitrogens with one attached hydrogen (secondary N) is 1. The molecule has 1 aliphatic carbocycles.